The van der Waals surface area contributed by atoms with E-state index >= 15 is 0 Å². The van der Waals surface area contributed by atoms with Crippen molar-refractivity contribution in [1.29, 1.82) is 0 Å². The molecule has 8 heteroatoms. The summed E-state index contributed by atoms with van der Waals surface area (Å²) in [5.74, 6) is -2.33. The van der Waals surface area contributed by atoms with E-state index in [1.54, 1.807) is 18.2 Å². The minimum Gasteiger partial charge on any atom is -0.496 e. The summed E-state index contributed by atoms with van der Waals surface area (Å²) in [6.07, 6.45) is -3.07. The van der Waals surface area contributed by atoms with Gasteiger partial charge in [-0.15, -0.1) is 0 Å². The Bertz CT molecular complexity index is 646. The molecule has 1 heterocycles. The smallest absolute Gasteiger partial charge is 0.374 e. The maximum Gasteiger partial charge on any atom is 0.374 e. The number of carboxylic acid groups (broad SMARTS) is 1. The van der Waals surface area contributed by atoms with E-state index in [2.05, 4.69) is 4.98 Å². The van der Waals surface area contributed by atoms with Crippen LogP contribution in [0.3, 0.4) is 0 Å². The molecule has 0 saturated carbocycles. The molecule has 1 aromatic heterocycles. The average molecular weight is 299 g/mol. The van der Waals surface area contributed by atoms with Gasteiger partial charge in [0, 0.05) is 0 Å². The van der Waals surface area contributed by atoms with Crippen LogP contribution in [-0.2, 0) is 0 Å². The van der Waals surface area contributed by atoms with Crippen LogP contribution in [-0.4, -0.2) is 30.3 Å². The van der Waals surface area contributed by atoms with Gasteiger partial charge < -0.3 is 19.0 Å². The number of carboxylic acids is 1. The molecule has 0 atom stereocenters. The summed E-state index contributed by atoms with van der Waals surface area (Å²) >= 11 is 0. The zero-order valence-corrected chi connectivity index (χ0v) is 11.1. The number of benzene rings is 1. The molecule has 0 unspecified atom stereocenters. The van der Waals surface area contributed by atoms with E-state index in [1.165, 1.54) is 14.2 Å². The van der Waals surface area contributed by atoms with E-state index in [0.29, 0.717) is 0 Å². The van der Waals surface area contributed by atoms with Crippen molar-refractivity contribution >= 4 is 5.97 Å². The van der Waals surface area contributed by atoms with Crippen molar-refractivity contribution in [3.05, 3.63) is 29.7 Å². The Hall–Kier alpha value is -2.64. The van der Waals surface area contributed by atoms with Gasteiger partial charge in [0.05, 0.1) is 14.2 Å². The van der Waals surface area contributed by atoms with Crippen molar-refractivity contribution in [2.45, 2.75) is 6.43 Å². The lowest BCUT2D eigenvalue weighted by molar-refractivity contribution is 0.0646. The number of hydrogen-bond acceptors (Lipinski definition) is 5. The summed E-state index contributed by atoms with van der Waals surface area (Å²) in [5, 5.41) is 8.90. The van der Waals surface area contributed by atoms with Crippen LogP contribution in [0.5, 0.6) is 11.5 Å². The number of alkyl halides is 2. The number of nitrogens with zero attached hydrogens (tertiary/aromatic N) is 1. The van der Waals surface area contributed by atoms with E-state index in [0.717, 1.165) is 0 Å². The first-order valence-corrected chi connectivity index (χ1v) is 5.73. The number of rotatable bonds is 5. The number of oxazole rings is 1. The van der Waals surface area contributed by atoms with Crippen molar-refractivity contribution in [2.24, 2.45) is 0 Å². The fraction of sp³-hybridized carbons (Fsp3) is 0.231. The topological polar surface area (TPSA) is 81.8 Å². The zero-order chi connectivity index (χ0) is 15.6. The quantitative estimate of drug-likeness (QED) is 0.914. The summed E-state index contributed by atoms with van der Waals surface area (Å²) in [5.41, 5.74) is -0.776. The van der Waals surface area contributed by atoms with Gasteiger partial charge in [-0.1, -0.05) is 6.07 Å². The molecule has 6 nitrogen and oxygen atoms in total. The van der Waals surface area contributed by atoms with E-state index in [1.807, 2.05) is 0 Å². The fourth-order valence-electron chi connectivity index (χ4n) is 1.80. The molecular weight excluding hydrogens is 288 g/mol. The lowest BCUT2D eigenvalue weighted by atomic mass is 10.1. The average Bonchev–Trinajstić information content (AvgIpc) is 2.91. The van der Waals surface area contributed by atoms with Gasteiger partial charge in [0.2, 0.25) is 11.7 Å². The van der Waals surface area contributed by atoms with Crippen molar-refractivity contribution in [3.63, 3.8) is 0 Å². The van der Waals surface area contributed by atoms with Gasteiger partial charge in [0.25, 0.3) is 6.43 Å². The number of aromatic nitrogens is 1. The number of ether oxygens (including phenoxy) is 2. The van der Waals surface area contributed by atoms with Gasteiger partial charge in [0.15, 0.2) is 5.69 Å². The van der Waals surface area contributed by atoms with Crippen molar-refractivity contribution in [1.82, 2.24) is 4.98 Å². The monoisotopic (exact) mass is 299 g/mol. The van der Waals surface area contributed by atoms with Gasteiger partial charge in [-0.25, -0.2) is 18.6 Å². The maximum atomic E-state index is 12.8. The Morgan fingerprint density at radius 1 is 1.29 bits per heavy atom. The second-order valence-electron chi connectivity index (χ2n) is 3.88. The van der Waals surface area contributed by atoms with E-state index in [4.69, 9.17) is 19.0 Å². The lowest BCUT2D eigenvalue weighted by Crippen LogP contribution is -1.99. The van der Waals surface area contributed by atoms with Gasteiger partial charge >= 0.3 is 5.97 Å². The third kappa shape index (κ3) is 2.64. The van der Waals surface area contributed by atoms with Gasteiger partial charge in [-0.05, 0) is 12.1 Å². The van der Waals surface area contributed by atoms with Crippen LogP contribution in [0, 0.1) is 0 Å². The Kier molecular flexibility index (Phi) is 4.06. The normalized spacial score (nSPS) is 10.7. The predicted octanol–water partition coefficient (Wildman–Crippen LogP) is 2.99. The van der Waals surface area contributed by atoms with E-state index in [9.17, 15) is 13.6 Å². The van der Waals surface area contributed by atoms with Crippen LogP contribution in [0.2, 0.25) is 0 Å². The van der Waals surface area contributed by atoms with Crippen LogP contribution in [0.4, 0.5) is 8.78 Å². The van der Waals surface area contributed by atoms with Crippen LogP contribution >= 0.6 is 0 Å². The summed E-state index contributed by atoms with van der Waals surface area (Å²) in [4.78, 5) is 14.5. The van der Waals surface area contributed by atoms with Crippen LogP contribution < -0.4 is 9.47 Å². The van der Waals surface area contributed by atoms with Crippen molar-refractivity contribution < 1.29 is 32.6 Å². The predicted molar refractivity (Wildman–Crippen MR) is 67.0 cm³/mol. The number of methoxy groups -OCH3 is 2. The lowest BCUT2D eigenvalue weighted by Gasteiger charge is -2.09. The van der Waals surface area contributed by atoms with E-state index in [-0.39, 0.29) is 23.0 Å². The second-order valence-corrected chi connectivity index (χ2v) is 3.88. The number of halogens is 2. The van der Waals surface area contributed by atoms with E-state index < -0.39 is 23.8 Å². The standard InChI is InChI=1S/C13H11F2NO5/c1-19-6-4-3-5-7(20-2)8(6)12-16-9(11(14)15)10(21-12)13(17)18/h3-5,11H,1-2H3,(H,17,18). The molecule has 21 heavy (non-hydrogen) atoms. The summed E-state index contributed by atoms with van der Waals surface area (Å²) in [6, 6.07) is 4.71. The van der Waals surface area contributed by atoms with Crippen molar-refractivity contribution in [2.75, 3.05) is 14.2 Å². The third-order valence-electron chi connectivity index (χ3n) is 2.70. The molecule has 0 amide bonds. The Morgan fingerprint density at radius 3 is 2.24 bits per heavy atom. The molecule has 0 aliphatic heterocycles. The molecule has 0 aliphatic carbocycles. The highest BCUT2D eigenvalue weighted by atomic mass is 19.3. The fourth-order valence-corrected chi connectivity index (χ4v) is 1.80. The molecule has 1 aromatic carbocycles. The maximum absolute atomic E-state index is 12.8. The molecule has 0 bridgehead atoms. The van der Waals surface area contributed by atoms with Gasteiger partial charge in [-0.2, -0.15) is 0 Å². The molecule has 0 spiro atoms. The molecule has 0 aliphatic rings. The molecule has 1 N–H and O–H groups in total. The van der Waals surface area contributed by atoms with Crippen LogP contribution in [0.25, 0.3) is 11.5 Å². The molecular formula is C13H11F2NO5. The molecule has 0 fully saturated rings. The van der Waals surface area contributed by atoms with Crippen molar-refractivity contribution in [3.8, 4) is 23.0 Å². The van der Waals surface area contributed by atoms with Crippen LogP contribution in [0.15, 0.2) is 22.6 Å². The zero-order valence-electron chi connectivity index (χ0n) is 11.1. The molecule has 0 radical (unpaired) electrons. The molecule has 0 saturated heterocycles. The first-order chi connectivity index (χ1) is 9.99. The highest BCUT2D eigenvalue weighted by Crippen LogP contribution is 2.39. The number of aromatic carboxylic acids is 1. The summed E-state index contributed by atoms with van der Waals surface area (Å²) in [7, 11) is 2.74. The summed E-state index contributed by atoms with van der Waals surface area (Å²) in [6.45, 7) is 0. The highest BCUT2D eigenvalue weighted by Gasteiger charge is 2.29. The number of carbonyl (C=O) groups is 1. The first kappa shape index (κ1) is 14.8. The Balaban J connectivity index is 2.67. The Morgan fingerprint density at radius 2 is 1.86 bits per heavy atom. The minimum absolute atomic E-state index is 0.164. The van der Waals surface area contributed by atoms with Crippen LogP contribution in [0.1, 0.15) is 22.7 Å². The third-order valence-corrected chi connectivity index (χ3v) is 2.70. The summed E-state index contributed by atoms with van der Waals surface area (Å²) < 4.78 is 40.8. The first-order valence-electron chi connectivity index (χ1n) is 5.73. The molecule has 112 valence electrons. The minimum atomic E-state index is -3.07. The molecule has 2 rings (SSSR count). The second kappa shape index (κ2) is 5.78. The highest BCUT2D eigenvalue weighted by molar-refractivity contribution is 5.86. The van der Waals surface area contributed by atoms with Gasteiger partial charge in [-0.3, -0.25) is 0 Å². The Labute approximate surface area is 117 Å². The molecule has 2 aromatic rings. The SMILES string of the molecule is COc1cccc(OC)c1-c1nc(C(F)F)c(C(=O)O)o1. The van der Waals surface area contributed by atoms with Gasteiger partial charge in [0.1, 0.15) is 17.1 Å². The largest absolute Gasteiger partial charge is 0.496 e. The number of hydrogen-bond donors (Lipinski definition) is 1.